The van der Waals surface area contributed by atoms with Crippen LogP contribution in [-0.4, -0.2) is 16.1 Å². The Balaban J connectivity index is 2.29. The summed E-state index contributed by atoms with van der Waals surface area (Å²) in [4.78, 5) is 14.4. The quantitative estimate of drug-likeness (QED) is 0.453. The number of rotatable bonds is 3. The first kappa shape index (κ1) is 16.9. The second kappa shape index (κ2) is 6.52. The van der Waals surface area contributed by atoms with Gasteiger partial charge in [0.25, 0.3) is 0 Å². The van der Waals surface area contributed by atoms with Crippen LogP contribution >= 0.6 is 23.2 Å². The molecule has 3 rings (SSSR count). The average molecular weight is 372 g/mol. The number of nitrogens with two attached hydrogens (primary N) is 1. The van der Waals surface area contributed by atoms with Crippen molar-refractivity contribution in [2.45, 2.75) is 0 Å². The number of carboxylic acids is 1. The Labute approximate surface area is 152 Å². The first-order valence-electron chi connectivity index (χ1n) is 7.12. The number of allylic oxidation sites excluding steroid dienone is 1. The van der Waals surface area contributed by atoms with Crippen molar-refractivity contribution in [3.8, 4) is 6.07 Å². The third-order valence-corrected chi connectivity index (χ3v) is 4.21. The van der Waals surface area contributed by atoms with Gasteiger partial charge in [-0.15, -0.1) is 0 Å². The summed E-state index contributed by atoms with van der Waals surface area (Å²) in [6.07, 6.45) is 1.49. The molecule has 0 amide bonds. The van der Waals surface area contributed by atoms with E-state index >= 15 is 0 Å². The van der Waals surface area contributed by atoms with E-state index in [1.807, 2.05) is 0 Å². The Morgan fingerprint density at radius 1 is 1.24 bits per heavy atom. The van der Waals surface area contributed by atoms with Gasteiger partial charge in [0.05, 0.1) is 16.7 Å². The van der Waals surface area contributed by atoms with Gasteiger partial charge in [0, 0.05) is 27.2 Å². The van der Waals surface area contributed by atoms with Crippen LogP contribution in [0, 0.1) is 11.3 Å². The Kier molecular flexibility index (Phi) is 4.41. The average Bonchev–Trinajstić information content (AvgIpc) is 2.92. The molecule has 7 heteroatoms. The van der Waals surface area contributed by atoms with Gasteiger partial charge in [-0.25, -0.2) is 4.79 Å². The molecule has 0 radical (unpaired) electrons. The molecule has 0 spiro atoms. The lowest BCUT2D eigenvalue weighted by molar-refractivity contribution is 0.0691. The third-order valence-electron chi connectivity index (χ3n) is 3.70. The molecule has 1 heterocycles. The van der Waals surface area contributed by atoms with Gasteiger partial charge >= 0.3 is 5.97 Å². The Hall–Kier alpha value is -2.94. The summed E-state index contributed by atoms with van der Waals surface area (Å²) < 4.78 is 0. The van der Waals surface area contributed by atoms with E-state index in [4.69, 9.17) is 28.9 Å². The second-order valence-corrected chi connectivity index (χ2v) is 6.16. The Bertz CT molecular complexity index is 1060. The number of aromatic carboxylic acids is 1. The molecule has 0 saturated carbocycles. The van der Waals surface area contributed by atoms with Gasteiger partial charge in [-0.1, -0.05) is 35.3 Å². The molecule has 0 aliphatic rings. The monoisotopic (exact) mass is 371 g/mol. The topological polar surface area (TPSA) is 103 Å². The van der Waals surface area contributed by atoms with Gasteiger partial charge in [-0.3, -0.25) is 0 Å². The molecular formula is C18H11Cl2N3O2. The summed E-state index contributed by atoms with van der Waals surface area (Å²) in [7, 11) is 0. The minimum absolute atomic E-state index is 0.0673. The molecule has 0 unspecified atom stereocenters. The smallest absolute Gasteiger partial charge is 0.352 e. The molecule has 0 aliphatic carbocycles. The van der Waals surface area contributed by atoms with Gasteiger partial charge in [0.1, 0.15) is 5.69 Å². The van der Waals surface area contributed by atoms with E-state index < -0.39 is 5.97 Å². The summed E-state index contributed by atoms with van der Waals surface area (Å²) in [5.41, 5.74) is 7.86. The first-order valence-corrected chi connectivity index (χ1v) is 7.88. The fourth-order valence-electron chi connectivity index (χ4n) is 2.57. The van der Waals surface area contributed by atoms with Gasteiger partial charge in [-0.05, 0) is 35.9 Å². The lowest BCUT2D eigenvalue weighted by atomic mass is 10.0. The largest absolute Gasteiger partial charge is 0.477 e. The summed E-state index contributed by atoms with van der Waals surface area (Å²) in [6.45, 7) is 0. The highest BCUT2D eigenvalue weighted by molar-refractivity contribution is 6.39. The second-order valence-electron chi connectivity index (χ2n) is 5.32. The Morgan fingerprint density at radius 2 is 1.92 bits per heavy atom. The number of hydrogen-bond donors (Lipinski definition) is 3. The van der Waals surface area contributed by atoms with Crippen molar-refractivity contribution in [1.82, 2.24) is 4.98 Å². The number of anilines is 1. The predicted molar refractivity (Wildman–Crippen MR) is 99.6 cm³/mol. The molecule has 2 aromatic carbocycles. The van der Waals surface area contributed by atoms with Crippen LogP contribution in [0.1, 0.15) is 21.6 Å². The summed E-state index contributed by atoms with van der Waals surface area (Å²) in [6, 6.07) is 11.9. The van der Waals surface area contributed by atoms with E-state index in [0.29, 0.717) is 37.8 Å². The standard InChI is InChI=1S/C18H11Cl2N3O2/c19-11-6-14(20)16-13(17(18(24)25)23-15(16)7-11)5-10(8-21)9-1-3-12(22)4-2-9/h1-7,23H,22H2,(H,24,25)/b10-5-. The summed E-state index contributed by atoms with van der Waals surface area (Å²) >= 11 is 12.2. The molecule has 0 aliphatic heterocycles. The van der Waals surface area contributed by atoms with Crippen LogP contribution in [0.3, 0.4) is 0 Å². The number of nitrogens with zero attached hydrogens (tertiary/aromatic N) is 1. The zero-order valence-electron chi connectivity index (χ0n) is 12.7. The molecule has 124 valence electrons. The van der Waals surface area contributed by atoms with Crippen molar-refractivity contribution in [2.24, 2.45) is 0 Å². The van der Waals surface area contributed by atoms with Crippen LogP contribution in [-0.2, 0) is 0 Å². The van der Waals surface area contributed by atoms with Crippen molar-refractivity contribution in [3.05, 3.63) is 63.3 Å². The number of nitriles is 1. The molecule has 25 heavy (non-hydrogen) atoms. The van der Waals surface area contributed by atoms with E-state index in [1.165, 1.54) is 12.1 Å². The van der Waals surface area contributed by atoms with E-state index in [0.717, 1.165) is 0 Å². The molecule has 5 nitrogen and oxygen atoms in total. The van der Waals surface area contributed by atoms with Gasteiger partial charge in [-0.2, -0.15) is 5.26 Å². The molecule has 0 fully saturated rings. The highest BCUT2D eigenvalue weighted by Gasteiger charge is 2.19. The fourth-order valence-corrected chi connectivity index (χ4v) is 3.17. The predicted octanol–water partition coefficient (Wildman–Crippen LogP) is 4.82. The molecule has 1 aromatic heterocycles. The van der Waals surface area contributed by atoms with Crippen LogP contribution in [0.15, 0.2) is 36.4 Å². The van der Waals surface area contributed by atoms with E-state index in [9.17, 15) is 15.2 Å². The van der Waals surface area contributed by atoms with Crippen LogP contribution < -0.4 is 5.73 Å². The molecule has 3 aromatic rings. The zero-order valence-corrected chi connectivity index (χ0v) is 14.2. The van der Waals surface area contributed by atoms with E-state index in [1.54, 1.807) is 30.3 Å². The number of benzene rings is 2. The van der Waals surface area contributed by atoms with E-state index in [-0.39, 0.29) is 11.3 Å². The lowest BCUT2D eigenvalue weighted by Crippen LogP contribution is -1.99. The number of carboxylic acid groups (broad SMARTS) is 1. The number of H-pyrrole nitrogens is 1. The van der Waals surface area contributed by atoms with Crippen LogP contribution in [0.2, 0.25) is 10.0 Å². The maximum Gasteiger partial charge on any atom is 0.352 e. The molecular weight excluding hydrogens is 361 g/mol. The Morgan fingerprint density at radius 3 is 2.52 bits per heavy atom. The van der Waals surface area contributed by atoms with Crippen molar-refractivity contribution < 1.29 is 9.90 Å². The van der Waals surface area contributed by atoms with Gasteiger partial charge < -0.3 is 15.8 Å². The number of fused-ring (bicyclic) bond motifs is 1. The maximum atomic E-state index is 11.6. The number of hydrogen-bond acceptors (Lipinski definition) is 3. The zero-order chi connectivity index (χ0) is 18.1. The van der Waals surface area contributed by atoms with Gasteiger partial charge in [0.15, 0.2) is 0 Å². The molecule has 0 saturated heterocycles. The van der Waals surface area contributed by atoms with Crippen LogP contribution in [0.25, 0.3) is 22.6 Å². The summed E-state index contributed by atoms with van der Waals surface area (Å²) in [5.74, 6) is -1.16. The third kappa shape index (κ3) is 3.18. The summed E-state index contributed by atoms with van der Waals surface area (Å²) in [5, 5.41) is 20.2. The van der Waals surface area contributed by atoms with Crippen molar-refractivity contribution in [3.63, 3.8) is 0 Å². The minimum atomic E-state index is -1.16. The van der Waals surface area contributed by atoms with Crippen LogP contribution in [0.5, 0.6) is 0 Å². The minimum Gasteiger partial charge on any atom is -0.477 e. The number of carbonyl (C=O) groups is 1. The molecule has 0 bridgehead atoms. The lowest BCUT2D eigenvalue weighted by Gasteiger charge is -2.02. The number of halogens is 2. The van der Waals surface area contributed by atoms with Crippen molar-refractivity contribution >= 4 is 57.4 Å². The van der Waals surface area contributed by atoms with Gasteiger partial charge in [0.2, 0.25) is 0 Å². The first-order chi connectivity index (χ1) is 11.9. The number of aromatic nitrogens is 1. The maximum absolute atomic E-state index is 11.6. The number of nitrogens with one attached hydrogen (secondary N) is 1. The fraction of sp³-hybridized carbons (Fsp3) is 0. The van der Waals surface area contributed by atoms with Crippen LogP contribution in [0.4, 0.5) is 5.69 Å². The van der Waals surface area contributed by atoms with Crippen molar-refractivity contribution in [2.75, 3.05) is 5.73 Å². The normalized spacial score (nSPS) is 11.5. The molecule has 4 N–H and O–H groups in total. The van der Waals surface area contributed by atoms with E-state index in [2.05, 4.69) is 11.1 Å². The van der Waals surface area contributed by atoms with Crippen molar-refractivity contribution in [1.29, 1.82) is 5.26 Å². The highest BCUT2D eigenvalue weighted by Crippen LogP contribution is 2.34. The highest BCUT2D eigenvalue weighted by atomic mass is 35.5. The number of nitrogen functional groups attached to an aromatic ring is 1. The SMILES string of the molecule is N#C/C(=C/c1c(C(=O)O)[nH]c2cc(Cl)cc(Cl)c12)c1ccc(N)cc1. The molecule has 0 atom stereocenters. The number of aromatic amines is 1.